The van der Waals surface area contributed by atoms with Gasteiger partial charge in [0.05, 0.1) is 5.75 Å². The number of sulfone groups is 1. The number of aryl methyl sites for hydroxylation is 1. The minimum absolute atomic E-state index is 0.0551. The lowest BCUT2D eigenvalue weighted by atomic mass is 10.1. The fourth-order valence-electron chi connectivity index (χ4n) is 1.96. The van der Waals surface area contributed by atoms with Crippen molar-refractivity contribution < 1.29 is 13.2 Å². The van der Waals surface area contributed by atoms with Crippen LogP contribution >= 0.6 is 0 Å². The highest BCUT2D eigenvalue weighted by molar-refractivity contribution is 7.92. The van der Waals surface area contributed by atoms with Gasteiger partial charge in [-0.05, 0) is 30.7 Å². The van der Waals surface area contributed by atoms with Gasteiger partial charge >= 0.3 is 0 Å². The van der Waals surface area contributed by atoms with E-state index in [1.165, 1.54) is 0 Å². The van der Waals surface area contributed by atoms with Gasteiger partial charge in [0.15, 0.2) is 9.84 Å². The van der Waals surface area contributed by atoms with Crippen LogP contribution < -0.4 is 5.32 Å². The summed E-state index contributed by atoms with van der Waals surface area (Å²) in [7, 11) is -3.31. The maximum atomic E-state index is 11.9. The van der Waals surface area contributed by atoms with Crippen LogP contribution in [0.25, 0.3) is 0 Å². The van der Waals surface area contributed by atoms with Crippen LogP contribution in [0.2, 0.25) is 0 Å². The Bertz CT molecular complexity index is 524. The zero-order valence-electron chi connectivity index (χ0n) is 12.8. The molecule has 1 amide bonds. The second-order valence-corrected chi connectivity index (χ2v) is 7.90. The zero-order valence-corrected chi connectivity index (χ0v) is 13.7. The molecule has 1 aromatic carbocycles. The second-order valence-electron chi connectivity index (χ2n) is 5.71. The predicted molar refractivity (Wildman–Crippen MR) is 85.9 cm³/mol. The molecule has 0 aromatic heterocycles. The third kappa shape index (κ3) is 8.50. The third-order valence-electron chi connectivity index (χ3n) is 3.16. The van der Waals surface area contributed by atoms with Crippen molar-refractivity contribution in [2.24, 2.45) is 5.92 Å². The summed E-state index contributed by atoms with van der Waals surface area (Å²) in [6.45, 7) is 4.66. The molecule has 0 atom stereocenters. The first kappa shape index (κ1) is 17.7. The van der Waals surface area contributed by atoms with Crippen LogP contribution in [0, 0.1) is 5.92 Å². The van der Waals surface area contributed by atoms with Gasteiger partial charge < -0.3 is 5.32 Å². The second kappa shape index (κ2) is 8.82. The van der Waals surface area contributed by atoms with Crippen LogP contribution in [0.1, 0.15) is 32.3 Å². The van der Waals surface area contributed by atoms with Gasteiger partial charge in [0, 0.05) is 6.54 Å². The van der Waals surface area contributed by atoms with Crippen molar-refractivity contribution in [2.75, 3.05) is 18.1 Å². The van der Waals surface area contributed by atoms with Crippen LogP contribution in [0.3, 0.4) is 0 Å². The van der Waals surface area contributed by atoms with E-state index in [0.717, 1.165) is 18.4 Å². The fraction of sp³-hybridized carbons (Fsp3) is 0.562. The summed E-state index contributed by atoms with van der Waals surface area (Å²) in [4.78, 5) is 11.6. The van der Waals surface area contributed by atoms with Gasteiger partial charge in [-0.1, -0.05) is 44.2 Å². The fourth-order valence-corrected chi connectivity index (χ4v) is 3.19. The number of benzene rings is 1. The molecular formula is C16H25NO3S. The molecule has 0 spiro atoms. The lowest BCUT2D eigenvalue weighted by Crippen LogP contribution is -2.32. The molecule has 0 unspecified atom stereocenters. The maximum Gasteiger partial charge on any atom is 0.235 e. The van der Waals surface area contributed by atoms with Gasteiger partial charge in [0.1, 0.15) is 5.75 Å². The normalized spacial score (nSPS) is 11.6. The summed E-state index contributed by atoms with van der Waals surface area (Å²) >= 11 is 0. The monoisotopic (exact) mass is 311 g/mol. The molecule has 1 rings (SSSR count). The molecule has 0 aliphatic rings. The Labute approximate surface area is 127 Å². The third-order valence-corrected chi connectivity index (χ3v) is 4.77. The Kier molecular flexibility index (Phi) is 7.43. The van der Waals surface area contributed by atoms with Crippen molar-refractivity contribution >= 4 is 15.7 Å². The minimum atomic E-state index is -3.31. The number of carbonyl (C=O) groups excluding carboxylic acids is 1. The first-order valence-corrected chi connectivity index (χ1v) is 9.22. The molecule has 0 bridgehead atoms. The summed E-state index contributed by atoms with van der Waals surface area (Å²) in [6.07, 6.45) is 2.13. The first-order valence-electron chi connectivity index (χ1n) is 7.40. The molecule has 0 radical (unpaired) electrons. The van der Waals surface area contributed by atoms with Crippen LogP contribution in [0.4, 0.5) is 0 Å². The van der Waals surface area contributed by atoms with E-state index in [2.05, 4.69) is 19.2 Å². The molecule has 21 heavy (non-hydrogen) atoms. The van der Waals surface area contributed by atoms with Gasteiger partial charge in [-0.25, -0.2) is 8.42 Å². The van der Waals surface area contributed by atoms with Crippen molar-refractivity contribution in [3.05, 3.63) is 35.9 Å². The van der Waals surface area contributed by atoms with E-state index in [1.807, 2.05) is 30.3 Å². The van der Waals surface area contributed by atoms with E-state index in [-0.39, 0.29) is 5.75 Å². The highest BCUT2D eigenvalue weighted by Crippen LogP contribution is 2.04. The quantitative estimate of drug-likeness (QED) is 0.760. The van der Waals surface area contributed by atoms with E-state index in [9.17, 15) is 13.2 Å². The SMILES string of the molecule is CC(C)CCNC(=O)CS(=O)(=O)CCCc1ccccc1. The molecule has 118 valence electrons. The van der Waals surface area contributed by atoms with Gasteiger partial charge in [-0.2, -0.15) is 0 Å². The number of nitrogens with one attached hydrogen (secondary N) is 1. The van der Waals surface area contributed by atoms with Crippen LogP contribution in [0.5, 0.6) is 0 Å². The Balaban J connectivity index is 2.28. The summed E-state index contributed by atoms with van der Waals surface area (Å²) in [5, 5.41) is 2.66. The Morgan fingerprint density at radius 1 is 1.19 bits per heavy atom. The topological polar surface area (TPSA) is 63.2 Å². The van der Waals surface area contributed by atoms with Crippen molar-refractivity contribution in [3.8, 4) is 0 Å². The van der Waals surface area contributed by atoms with Crippen LogP contribution in [-0.4, -0.2) is 32.4 Å². The summed E-state index contributed by atoms with van der Waals surface area (Å²) in [5.74, 6) is -0.248. The Morgan fingerprint density at radius 3 is 2.48 bits per heavy atom. The highest BCUT2D eigenvalue weighted by atomic mass is 32.2. The molecule has 0 aliphatic heterocycles. The molecule has 0 fully saturated rings. The summed E-state index contributed by atoms with van der Waals surface area (Å²) in [5.41, 5.74) is 1.12. The largest absolute Gasteiger partial charge is 0.355 e. The average Bonchev–Trinajstić information content (AvgIpc) is 2.38. The lowest BCUT2D eigenvalue weighted by Gasteiger charge is -2.08. The van der Waals surface area contributed by atoms with Crippen molar-refractivity contribution in [1.82, 2.24) is 5.32 Å². The van der Waals surface area contributed by atoms with E-state index >= 15 is 0 Å². The number of amides is 1. The molecule has 0 saturated heterocycles. The van der Waals surface area contributed by atoms with E-state index in [1.54, 1.807) is 0 Å². The van der Waals surface area contributed by atoms with Crippen LogP contribution in [0.15, 0.2) is 30.3 Å². The van der Waals surface area contributed by atoms with Crippen molar-refractivity contribution in [3.63, 3.8) is 0 Å². The minimum Gasteiger partial charge on any atom is -0.355 e. The number of hydrogen-bond acceptors (Lipinski definition) is 3. The zero-order chi connectivity index (χ0) is 15.7. The summed E-state index contributed by atoms with van der Waals surface area (Å²) < 4.78 is 23.7. The standard InChI is InChI=1S/C16H25NO3S/c1-14(2)10-11-17-16(18)13-21(19,20)12-6-9-15-7-4-3-5-8-15/h3-5,7-8,14H,6,9-13H2,1-2H3,(H,17,18). The average molecular weight is 311 g/mol. The number of hydrogen-bond donors (Lipinski definition) is 1. The maximum absolute atomic E-state index is 11.9. The Morgan fingerprint density at radius 2 is 1.86 bits per heavy atom. The number of rotatable bonds is 9. The van der Waals surface area contributed by atoms with Gasteiger partial charge in [-0.15, -0.1) is 0 Å². The predicted octanol–water partition coefficient (Wildman–Crippen LogP) is 2.20. The van der Waals surface area contributed by atoms with Crippen molar-refractivity contribution in [1.29, 1.82) is 0 Å². The smallest absolute Gasteiger partial charge is 0.235 e. The Hall–Kier alpha value is -1.36. The molecule has 5 heteroatoms. The lowest BCUT2D eigenvalue weighted by molar-refractivity contribution is -0.118. The van der Waals surface area contributed by atoms with Gasteiger partial charge in [0.25, 0.3) is 0 Å². The molecule has 1 N–H and O–H groups in total. The van der Waals surface area contributed by atoms with Crippen molar-refractivity contribution in [2.45, 2.75) is 33.1 Å². The molecule has 0 aliphatic carbocycles. The molecule has 0 heterocycles. The van der Waals surface area contributed by atoms with E-state index in [4.69, 9.17) is 0 Å². The number of carbonyl (C=O) groups is 1. The van der Waals surface area contributed by atoms with E-state index < -0.39 is 21.5 Å². The van der Waals surface area contributed by atoms with Gasteiger partial charge in [-0.3, -0.25) is 4.79 Å². The van der Waals surface area contributed by atoms with Gasteiger partial charge in [0.2, 0.25) is 5.91 Å². The van der Waals surface area contributed by atoms with E-state index in [0.29, 0.717) is 18.9 Å². The molecular weight excluding hydrogens is 286 g/mol. The first-order chi connectivity index (χ1) is 9.89. The molecule has 1 aromatic rings. The van der Waals surface area contributed by atoms with Crippen LogP contribution in [-0.2, 0) is 21.1 Å². The summed E-state index contributed by atoms with van der Waals surface area (Å²) in [6, 6.07) is 9.76. The molecule has 4 nitrogen and oxygen atoms in total. The highest BCUT2D eigenvalue weighted by Gasteiger charge is 2.16. The molecule has 0 saturated carbocycles.